The van der Waals surface area contributed by atoms with Crippen molar-refractivity contribution in [2.45, 2.75) is 46.6 Å². The Morgan fingerprint density at radius 3 is 2.54 bits per heavy atom. The maximum atomic E-state index is 4.69. The average Bonchev–Trinajstić information content (AvgIpc) is 2.89. The van der Waals surface area contributed by atoms with Crippen molar-refractivity contribution in [2.24, 2.45) is 4.99 Å². The second kappa shape index (κ2) is 9.11. The summed E-state index contributed by atoms with van der Waals surface area (Å²) in [6, 6.07) is 10.2. The summed E-state index contributed by atoms with van der Waals surface area (Å²) in [6.07, 6.45) is 3.64. The molecule has 2 N–H and O–H groups in total. The van der Waals surface area contributed by atoms with Gasteiger partial charge in [0.1, 0.15) is 0 Å². The fourth-order valence-corrected chi connectivity index (χ4v) is 2.73. The predicted molar refractivity (Wildman–Crippen MR) is 101 cm³/mol. The largest absolute Gasteiger partial charge is 0.356 e. The van der Waals surface area contributed by atoms with E-state index in [9.17, 15) is 0 Å². The molecule has 0 radical (unpaired) electrons. The van der Waals surface area contributed by atoms with Crippen LogP contribution in [0.3, 0.4) is 0 Å². The Morgan fingerprint density at radius 1 is 1.12 bits per heavy atom. The van der Waals surface area contributed by atoms with E-state index < -0.39 is 0 Å². The Labute approximate surface area is 145 Å². The highest BCUT2D eigenvalue weighted by molar-refractivity contribution is 5.79. The van der Waals surface area contributed by atoms with E-state index in [4.69, 9.17) is 0 Å². The van der Waals surface area contributed by atoms with Gasteiger partial charge in [-0.3, -0.25) is 4.99 Å². The number of nitrogens with one attached hydrogen (secondary N) is 2. The number of aliphatic imine (C=N–C) groups is 1. The van der Waals surface area contributed by atoms with Gasteiger partial charge in [0, 0.05) is 31.4 Å². The third-order valence-electron chi connectivity index (χ3n) is 4.17. The van der Waals surface area contributed by atoms with Gasteiger partial charge in [0.15, 0.2) is 5.96 Å². The van der Waals surface area contributed by atoms with Crippen LogP contribution in [0.25, 0.3) is 5.69 Å². The van der Waals surface area contributed by atoms with E-state index in [0.717, 1.165) is 36.1 Å². The maximum Gasteiger partial charge on any atom is 0.191 e. The van der Waals surface area contributed by atoms with E-state index in [2.05, 4.69) is 53.6 Å². The highest BCUT2D eigenvalue weighted by atomic mass is 15.3. The highest BCUT2D eigenvalue weighted by Crippen LogP contribution is 2.17. The second-order valence-electron chi connectivity index (χ2n) is 5.96. The fraction of sp³-hybridized carbons (Fsp3) is 0.474. The summed E-state index contributed by atoms with van der Waals surface area (Å²) in [6.45, 7) is 8.05. The molecule has 0 fully saturated rings. The van der Waals surface area contributed by atoms with Crippen LogP contribution in [0.1, 0.15) is 43.1 Å². The molecule has 0 amide bonds. The van der Waals surface area contributed by atoms with Gasteiger partial charge in [-0.25, -0.2) is 4.68 Å². The van der Waals surface area contributed by atoms with Gasteiger partial charge in [-0.2, -0.15) is 5.10 Å². The van der Waals surface area contributed by atoms with Crippen LogP contribution in [-0.4, -0.2) is 29.3 Å². The number of aryl methyl sites for hydroxylation is 1. The van der Waals surface area contributed by atoms with Crippen LogP contribution in [-0.2, 0) is 6.54 Å². The zero-order chi connectivity index (χ0) is 17.4. The Morgan fingerprint density at radius 2 is 1.88 bits per heavy atom. The van der Waals surface area contributed by atoms with Gasteiger partial charge in [0.25, 0.3) is 0 Å². The Balaban J connectivity index is 2.01. The lowest BCUT2D eigenvalue weighted by Gasteiger charge is -2.12. The molecule has 0 bridgehead atoms. The van der Waals surface area contributed by atoms with Gasteiger partial charge in [0.2, 0.25) is 0 Å². The van der Waals surface area contributed by atoms with Crippen molar-refractivity contribution in [3.05, 3.63) is 47.3 Å². The Bertz CT molecular complexity index is 658. The normalized spacial score (nSPS) is 11.6. The standard InChI is InChI=1S/C19H29N5/c1-5-6-10-13-21-19(20-4)22-14-18-15(2)23-24(16(18)3)17-11-8-7-9-12-17/h7-9,11-12H,5-6,10,13-14H2,1-4H3,(H2,20,21,22). The van der Waals surface area contributed by atoms with Crippen LogP contribution >= 0.6 is 0 Å². The van der Waals surface area contributed by atoms with Gasteiger partial charge in [-0.05, 0) is 32.4 Å². The van der Waals surface area contributed by atoms with Crippen molar-refractivity contribution in [2.75, 3.05) is 13.6 Å². The summed E-state index contributed by atoms with van der Waals surface area (Å²) < 4.78 is 2.00. The molecule has 1 heterocycles. The van der Waals surface area contributed by atoms with Gasteiger partial charge >= 0.3 is 0 Å². The summed E-state index contributed by atoms with van der Waals surface area (Å²) in [5.41, 5.74) is 4.51. The fourth-order valence-electron chi connectivity index (χ4n) is 2.73. The van der Waals surface area contributed by atoms with Crippen molar-refractivity contribution in [1.82, 2.24) is 20.4 Å². The number of guanidine groups is 1. The van der Waals surface area contributed by atoms with Crippen LogP contribution in [0.4, 0.5) is 0 Å². The minimum Gasteiger partial charge on any atom is -0.356 e. The zero-order valence-electron chi connectivity index (χ0n) is 15.3. The minimum atomic E-state index is 0.720. The van der Waals surface area contributed by atoms with Crippen LogP contribution in [0.5, 0.6) is 0 Å². The maximum absolute atomic E-state index is 4.69. The van der Waals surface area contributed by atoms with Crippen LogP contribution in [0.15, 0.2) is 35.3 Å². The first-order chi connectivity index (χ1) is 11.7. The molecular weight excluding hydrogens is 298 g/mol. The second-order valence-corrected chi connectivity index (χ2v) is 5.96. The van der Waals surface area contributed by atoms with Crippen LogP contribution in [0.2, 0.25) is 0 Å². The van der Waals surface area contributed by atoms with E-state index in [1.807, 2.05) is 29.9 Å². The molecule has 2 aromatic rings. The van der Waals surface area contributed by atoms with Crippen LogP contribution in [0, 0.1) is 13.8 Å². The van der Waals surface area contributed by atoms with Crippen molar-refractivity contribution in [1.29, 1.82) is 0 Å². The molecule has 5 nitrogen and oxygen atoms in total. The lowest BCUT2D eigenvalue weighted by Crippen LogP contribution is -2.37. The molecule has 1 aromatic heterocycles. The number of benzene rings is 1. The molecule has 1 aromatic carbocycles. The molecule has 2 rings (SSSR count). The number of nitrogens with zero attached hydrogens (tertiary/aromatic N) is 3. The van der Waals surface area contributed by atoms with Crippen molar-refractivity contribution >= 4 is 5.96 Å². The summed E-state index contributed by atoms with van der Waals surface area (Å²) in [4.78, 5) is 4.29. The molecule has 0 aliphatic heterocycles. The molecule has 5 heteroatoms. The first kappa shape index (κ1) is 18.0. The average molecular weight is 327 g/mol. The van der Waals surface area contributed by atoms with Crippen molar-refractivity contribution in [3.8, 4) is 5.69 Å². The molecule has 24 heavy (non-hydrogen) atoms. The SMILES string of the molecule is CCCCCNC(=NC)NCc1c(C)nn(-c2ccccc2)c1C. The first-order valence-electron chi connectivity index (χ1n) is 8.72. The molecule has 0 aliphatic carbocycles. The molecule has 0 aliphatic rings. The van der Waals surface area contributed by atoms with Crippen molar-refractivity contribution in [3.63, 3.8) is 0 Å². The Kier molecular flexibility index (Phi) is 6.85. The van der Waals surface area contributed by atoms with E-state index in [1.54, 1.807) is 0 Å². The first-order valence-corrected chi connectivity index (χ1v) is 8.72. The van der Waals surface area contributed by atoms with Crippen molar-refractivity contribution < 1.29 is 0 Å². The van der Waals surface area contributed by atoms with Gasteiger partial charge < -0.3 is 10.6 Å². The summed E-state index contributed by atoms with van der Waals surface area (Å²) in [5, 5.41) is 11.4. The molecule has 0 saturated heterocycles. The lowest BCUT2D eigenvalue weighted by molar-refractivity contribution is 0.682. The van der Waals surface area contributed by atoms with E-state index >= 15 is 0 Å². The Hall–Kier alpha value is -2.30. The minimum absolute atomic E-state index is 0.720. The topological polar surface area (TPSA) is 54.2 Å². The quantitative estimate of drug-likeness (QED) is 0.466. The van der Waals surface area contributed by atoms with Gasteiger partial charge in [0.05, 0.1) is 11.4 Å². The summed E-state index contributed by atoms with van der Waals surface area (Å²) >= 11 is 0. The molecular formula is C19H29N5. The number of rotatable bonds is 7. The molecule has 0 unspecified atom stereocenters. The van der Waals surface area contributed by atoms with Crippen LogP contribution < -0.4 is 10.6 Å². The summed E-state index contributed by atoms with van der Waals surface area (Å²) in [7, 11) is 1.81. The van der Waals surface area contributed by atoms with E-state index in [-0.39, 0.29) is 0 Å². The number of hydrogen-bond donors (Lipinski definition) is 2. The molecule has 0 saturated carbocycles. The van der Waals surface area contributed by atoms with Gasteiger partial charge in [-0.1, -0.05) is 38.0 Å². The third-order valence-corrected chi connectivity index (χ3v) is 4.17. The smallest absolute Gasteiger partial charge is 0.191 e. The third kappa shape index (κ3) is 4.60. The number of hydrogen-bond acceptors (Lipinski definition) is 2. The lowest BCUT2D eigenvalue weighted by atomic mass is 10.2. The molecule has 0 spiro atoms. The number of unbranched alkanes of at least 4 members (excludes halogenated alkanes) is 2. The highest BCUT2D eigenvalue weighted by Gasteiger charge is 2.12. The van der Waals surface area contributed by atoms with E-state index in [1.165, 1.54) is 24.8 Å². The molecule has 0 atom stereocenters. The predicted octanol–water partition coefficient (Wildman–Crippen LogP) is 3.34. The zero-order valence-corrected chi connectivity index (χ0v) is 15.3. The number of aromatic nitrogens is 2. The van der Waals surface area contributed by atoms with E-state index in [0.29, 0.717) is 0 Å². The monoisotopic (exact) mass is 327 g/mol. The number of para-hydroxylation sites is 1. The van der Waals surface area contributed by atoms with Gasteiger partial charge in [-0.15, -0.1) is 0 Å². The molecule has 130 valence electrons. The summed E-state index contributed by atoms with van der Waals surface area (Å²) in [5.74, 6) is 0.845.